The second-order valence-electron chi connectivity index (χ2n) is 7.76. The molecule has 0 bridgehead atoms. The minimum Gasteiger partial charge on any atom is -0.484 e. The first-order valence-electron chi connectivity index (χ1n) is 10.1. The van der Waals surface area contributed by atoms with E-state index in [1.807, 2.05) is 0 Å². The number of amides is 2. The van der Waals surface area contributed by atoms with Crippen molar-refractivity contribution in [2.45, 2.75) is 31.5 Å². The third kappa shape index (κ3) is 6.37. The molecule has 33 heavy (non-hydrogen) atoms. The highest BCUT2D eigenvalue weighted by atomic mass is 35.5. The highest BCUT2D eigenvalue weighted by molar-refractivity contribution is 6.31. The molecule has 0 radical (unpaired) electrons. The fourth-order valence-electron chi connectivity index (χ4n) is 3.25. The molecule has 0 saturated heterocycles. The highest BCUT2D eigenvalue weighted by Gasteiger charge is 2.43. The molecule has 1 heterocycles. The van der Waals surface area contributed by atoms with E-state index in [1.165, 1.54) is 12.1 Å². The molecule has 0 aliphatic carbocycles. The molecule has 1 aliphatic heterocycles. The molecule has 10 heteroatoms. The van der Waals surface area contributed by atoms with Gasteiger partial charge in [-0.3, -0.25) is 9.59 Å². The van der Waals surface area contributed by atoms with Crippen molar-refractivity contribution >= 4 is 35.0 Å². The van der Waals surface area contributed by atoms with Crippen molar-refractivity contribution in [2.75, 3.05) is 13.2 Å². The zero-order valence-corrected chi connectivity index (χ0v) is 19.3. The molecule has 176 valence electrons. The van der Waals surface area contributed by atoms with E-state index in [1.54, 1.807) is 25.1 Å². The van der Waals surface area contributed by atoms with Gasteiger partial charge in [0.05, 0.1) is 11.1 Å². The predicted molar refractivity (Wildman–Crippen MR) is 122 cm³/mol. The van der Waals surface area contributed by atoms with Crippen molar-refractivity contribution in [2.24, 2.45) is 0 Å². The van der Waals surface area contributed by atoms with Gasteiger partial charge in [-0.2, -0.15) is 0 Å². The summed E-state index contributed by atoms with van der Waals surface area (Å²) in [7, 11) is 0. The Morgan fingerprint density at radius 1 is 1.30 bits per heavy atom. The maximum absolute atomic E-state index is 13.4. The lowest BCUT2D eigenvalue weighted by atomic mass is 9.89. The predicted octanol–water partition coefficient (Wildman–Crippen LogP) is 3.92. The second-order valence-corrected chi connectivity index (χ2v) is 8.60. The SMILES string of the molecule is C=C(CCNC(=O)COc1ccc(Cl)c(F)c1)NC(=O)[C@@]1(C)C[C@@H](O)c2cc(Cl)ccc2O1. The normalized spacial score (nSPS) is 19.1. The van der Waals surface area contributed by atoms with Crippen LogP contribution in [0.2, 0.25) is 10.0 Å². The van der Waals surface area contributed by atoms with Crippen LogP contribution in [-0.2, 0) is 9.59 Å². The number of fused-ring (bicyclic) bond motifs is 1. The fourth-order valence-corrected chi connectivity index (χ4v) is 3.55. The van der Waals surface area contributed by atoms with E-state index in [0.717, 1.165) is 6.07 Å². The number of aliphatic hydroxyl groups excluding tert-OH is 1. The lowest BCUT2D eigenvalue weighted by molar-refractivity contribution is -0.139. The third-order valence-corrected chi connectivity index (χ3v) is 5.57. The van der Waals surface area contributed by atoms with E-state index in [2.05, 4.69) is 17.2 Å². The van der Waals surface area contributed by atoms with Gasteiger partial charge in [-0.1, -0.05) is 29.8 Å². The van der Waals surface area contributed by atoms with Gasteiger partial charge in [-0.25, -0.2) is 4.39 Å². The molecule has 2 atom stereocenters. The molecular weight excluding hydrogens is 474 g/mol. The largest absolute Gasteiger partial charge is 0.484 e. The Balaban J connectivity index is 1.43. The van der Waals surface area contributed by atoms with Crippen LogP contribution in [0.1, 0.15) is 31.4 Å². The van der Waals surface area contributed by atoms with Gasteiger partial charge < -0.3 is 25.2 Å². The van der Waals surface area contributed by atoms with Crippen LogP contribution in [0.4, 0.5) is 4.39 Å². The zero-order valence-electron chi connectivity index (χ0n) is 17.8. The van der Waals surface area contributed by atoms with Gasteiger partial charge in [0.25, 0.3) is 11.8 Å². The smallest absolute Gasteiger partial charge is 0.268 e. The summed E-state index contributed by atoms with van der Waals surface area (Å²) in [5.41, 5.74) is -0.422. The monoisotopic (exact) mass is 496 g/mol. The minimum atomic E-state index is -1.31. The topological polar surface area (TPSA) is 96.9 Å². The molecule has 3 rings (SSSR count). The van der Waals surface area contributed by atoms with Crippen LogP contribution in [0.3, 0.4) is 0 Å². The Bertz CT molecular complexity index is 1080. The second kappa shape index (κ2) is 10.4. The number of ether oxygens (including phenoxy) is 2. The van der Waals surface area contributed by atoms with Crippen LogP contribution in [-0.4, -0.2) is 35.7 Å². The first kappa shape index (κ1) is 24.8. The van der Waals surface area contributed by atoms with E-state index in [4.69, 9.17) is 32.7 Å². The molecule has 2 aromatic rings. The lowest BCUT2D eigenvalue weighted by Crippen LogP contribution is -2.51. The van der Waals surface area contributed by atoms with Gasteiger partial charge in [0, 0.05) is 41.7 Å². The summed E-state index contributed by atoms with van der Waals surface area (Å²) in [6, 6.07) is 8.70. The summed E-state index contributed by atoms with van der Waals surface area (Å²) in [6.07, 6.45) is -0.610. The van der Waals surface area contributed by atoms with E-state index in [-0.39, 0.29) is 36.8 Å². The van der Waals surface area contributed by atoms with Crippen molar-refractivity contribution in [3.8, 4) is 11.5 Å². The molecule has 2 aromatic carbocycles. The van der Waals surface area contributed by atoms with Crippen LogP contribution >= 0.6 is 23.2 Å². The fraction of sp³-hybridized carbons (Fsp3) is 0.304. The summed E-state index contributed by atoms with van der Waals surface area (Å²) >= 11 is 11.6. The Kier molecular flexibility index (Phi) is 7.84. The van der Waals surface area contributed by atoms with Crippen molar-refractivity contribution in [1.82, 2.24) is 10.6 Å². The Labute approximate surface area is 200 Å². The number of hydrogen-bond acceptors (Lipinski definition) is 5. The summed E-state index contributed by atoms with van der Waals surface area (Å²) in [4.78, 5) is 24.7. The van der Waals surface area contributed by atoms with E-state index in [9.17, 15) is 19.1 Å². The summed E-state index contributed by atoms with van der Waals surface area (Å²) < 4.78 is 24.4. The number of carbonyl (C=O) groups excluding carboxylic acids is 2. The summed E-state index contributed by atoms with van der Waals surface area (Å²) in [6.45, 7) is 5.26. The first-order chi connectivity index (χ1) is 15.6. The summed E-state index contributed by atoms with van der Waals surface area (Å²) in [5, 5.41) is 16.1. The lowest BCUT2D eigenvalue weighted by Gasteiger charge is -2.37. The summed E-state index contributed by atoms with van der Waals surface area (Å²) in [5.74, 6) is -0.973. The van der Waals surface area contributed by atoms with Crippen molar-refractivity contribution < 1.29 is 28.6 Å². The molecular formula is C23H23Cl2FN2O5. The molecule has 2 amide bonds. The van der Waals surface area contributed by atoms with Crippen molar-refractivity contribution in [1.29, 1.82) is 0 Å². The number of hydrogen-bond donors (Lipinski definition) is 3. The number of aliphatic hydroxyl groups is 1. The van der Waals surface area contributed by atoms with Crippen LogP contribution in [0.25, 0.3) is 0 Å². The minimum absolute atomic E-state index is 0.0389. The molecule has 0 spiro atoms. The van der Waals surface area contributed by atoms with Crippen molar-refractivity contribution in [3.05, 3.63) is 70.1 Å². The molecule has 1 aliphatic rings. The molecule has 3 N–H and O–H groups in total. The molecule has 0 unspecified atom stereocenters. The maximum Gasteiger partial charge on any atom is 0.268 e. The van der Waals surface area contributed by atoms with Gasteiger partial charge in [0.2, 0.25) is 0 Å². The Morgan fingerprint density at radius 2 is 2.06 bits per heavy atom. The zero-order chi connectivity index (χ0) is 24.2. The van der Waals surface area contributed by atoms with Gasteiger partial charge >= 0.3 is 0 Å². The van der Waals surface area contributed by atoms with E-state index in [0.29, 0.717) is 22.0 Å². The van der Waals surface area contributed by atoms with E-state index < -0.39 is 29.3 Å². The average Bonchev–Trinajstić information content (AvgIpc) is 2.75. The quantitative estimate of drug-likeness (QED) is 0.514. The van der Waals surface area contributed by atoms with Crippen LogP contribution < -0.4 is 20.1 Å². The van der Waals surface area contributed by atoms with Gasteiger partial charge in [-0.05, 0) is 37.3 Å². The van der Waals surface area contributed by atoms with Gasteiger partial charge in [0.15, 0.2) is 12.2 Å². The maximum atomic E-state index is 13.4. The highest BCUT2D eigenvalue weighted by Crippen LogP contribution is 2.40. The number of rotatable bonds is 8. The van der Waals surface area contributed by atoms with Crippen molar-refractivity contribution in [3.63, 3.8) is 0 Å². The van der Waals surface area contributed by atoms with Crippen LogP contribution in [0.5, 0.6) is 11.5 Å². The Hall–Kier alpha value is -2.81. The van der Waals surface area contributed by atoms with E-state index >= 15 is 0 Å². The van der Waals surface area contributed by atoms with Gasteiger partial charge in [0.1, 0.15) is 17.3 Å². The van der Waals surface area contributed by atoms with Gasteiger partial charge in [-0.15, -0.1) is 0 Å². The molecule has 0 fully saturated rings. The number of carbonyl (C=O) groups is 2. The third-order valence-electron chi connectivity index (χ3n) is 5.03. The van der Waals surface area contributed by atoms with Crippen LogP contribution in [0.15, 0.2) is 48.7 Å². The average molecular weight is 497 g/mol. The number of nitrogens with one attached hydrogen (secondary N) is 2. The molecule has 0 saturated carbocycles. The Morgan fingerprint density at radius 3 is 2.79 bits per heavy atom. The molecule has 7 nitrogen and oxygen atoms in total. The standard InChI is InChI=1S/C23H23Cl2FN2O5/c1-13(7-8-27-21(30)12-32-15-4-5-17(25)18(26)10-15)28-22(31)23(2)11-19(29)16-9-14(24)3-6-20(16)33-23/h3-6,9-10,19,29H,1,7-8,11-12H2,2H3,(H,27,30)(H,28,31)/t19-,23-/m1/s1. The number of benzene rings is 2. The first-order valence-corrected chi connectivity index (χ1v) is 10.8. The number of halogens is 3. The van der Waals surface area contributed by atoms with Crippen LogP contribution in [0, 0.1) is 5.82 Å². The molecule has 0 aromatic heterocycles.